The minimum atomic E-state index is -1.70. The highest BCUT2D eigenvalue weighted by Gasteiger charge is 2.13. The van der Waals surface area contributed by atoms with Crippen molar-refractivity contribution in [3.05, 3.63) is 63.3 Å². The molecule has 0 aliphatic heterocycles. The van der Waals surface area contributed by atoms with E-state index in [1.807, 2.05) is 0 Å². The lowest BCUT2D eigenvalue weighted by Gasteiger charge is -2.08. The van der Waals surface area contributed by atoms with E-state index in [-0.39, 0.29) is 22.6 Å². The van der Waals surface area contributed by atoms with Crippen LogP contribution in [-0.2, 0) is 6.54 Å². The summed E-state index contributed by atoms with van der Waals surface area (Å²) < 4.78 is 14.9. The van der Waals surface area contributed by atoms with Gasteiger partial charge in [0, 0.05) is 17.8 Å². The maximum Gasteiger partial charge on any atom is 0.488 e. The molecule has 7 heteroatoms. The Balaban J connectivity index is 2.34. The van der Waals surface area contributed by atoms with Gasteiger partial charge in [-0.25, -0.2) is 4.39 Å². The molecule has 0 radical (unpaired) electrons. The predicted octanol–water partition coefficient (Wildman–Crippen LogP) is 0.369. The fraction of sp³-hybridized carbons (Fsp3) is 0.0833. The Bertz CT molecular complexity index is 660. The normalized spacial score (nSPS) is 10.5. The first-order valence-electron chi connectivity index (χ1n) is 5.48. The van der Waals surface area contributed by atoms with Gasteiger partial charge >= 0.3 is 7.12 Å². The van der Waals surface area contributed by atoms with E-state index in [1.165, 1.54) is 29.0 Å². The molecule has 0 saturated heterocycles. The summed E-state index contributed by atoms with van der Waals surface area (Å²) in [5, 5.41) is 17.9. The molecule has 1 aromatic heterocycles. The van der Waals surface area contributed by atoms with E-state index in [4.69, 9.17) is 21.6 Å². The number of hydrogen-bond donors (Lipinski definition) is 2. The second-order valence-electron chi connectivity index (χ2n) is 4.01. The van der Waals surface area contributed by atoms with Crippen molar-refractivity contribution in [3.8, 4) is 0 Å². The number of benzene rings is 1. The minimum Gasteiger partial charge on any atom is -0.423 e. The van der Waals surface area contributed by atoms with Crippen LogP contribution in [0.25, 0.3) is 0 Å². The van der Waals surface area contributed by atoms with Crippen LogP contribution in [0, 0.1) is 5.82 Å². The second kappa shape index (κ2) is 5.56. The summed E-state index contributed by atoms with van der Waals surface area (Å²) in [7, 11) is -1.70. The van der Waals surface area contributed by atoms with E-state index >= 15 is 0 Å². The molecule has 0 unspecified atom stereocenters. The predicted molar refractivity (Wildman–Crippen MR) is 71.0 cm³/mol. The summed E-state index contributed by atoms with van der Waals surface area (Å²) in [4.78, 5) is 11.7. The Morgan fingerprint density at radius 3 is 2.68 bits per heavy atom. The average molecular weight is 281 g/mol. The Morgan fingerprint density at radius 1 is 1.32 bits per heavy atom. The smallest absolute Gasteiger partial charge is 0.423 e. The molecule has 1 heterocycles. The molecule has 2 aromatic rings. The van der Waals surface area contributed by atoms with Crippen LogP contribution in [0.15, 0.2) is 41.3 Å². The first-order chi connectivity index (χ1) is 8.99. The van der Waals surface area contributed by atoms with Gasteiger partial charge in [-0.05, 0) is 17.6 Å². The number of pyridine rings is 1. The average Bonchev–Trinajstić information content (AvgIpc) is 2.37. The third-order valence-corrected chi connectivity index (χ3v) is 2.98. The minimum absolute atomic E-state index is 0.00653. The Kier molecular flexibility index (Phi) is 4.04. The molecule has 2 N–H and O–H groups in total. The zero-order valence-corrected chi connectivity index (χ0v) is 10.5. The topological polar surface area (TPSA) is 62.5 Å². The maximum absolute atomic E-state index is 13.7. The molecule has 2 rings (SSSR count). The van der Waals surface area contributed by atoms with Gasteiger partial charge in [0.25, 0.3) is 0 Å². The monoisotopic (exact) mass is 281 g/mol. The van der Waals surface area contributed by atoms with Gasteiger partial charge in [0.1, 0.15) is 5.82 Å². The van der Waals surface area contributed by atoms with E-state index in [0.717, 1.165) is 6.07 Å². The summed E-state index contributed by atoms with van der Waals surface area (Å²) in [6, 6.07) is 7.02. The Labute approximate surface area is 113 Å². The summed E-state index contributed by atoms with van der Waals surface area (Å²) in [5.74, 6) is -0.567. The summed E-state index contributed by atoms with van der Waals surface area (Å²) in [6.07, 6.45) is 1.37. The molecule has 0 aliphatic rings. The van der Waals surface area contributed by atoms with Crippen molar-refractivity contribution in [3.63, 3.8) is 0 Å². The van der Waals surface area contributed by atoms with Crippen molar-refractivity contribution in [1.82, 2.24) is 4.57 Å². The van der Waals surface area contributed by atoms with E-state index < -0.39 is 18.5 Å². The van der Waals surface area contributed by atoms with Crippen molar-refractivity contribution >= 4 is 24.2 Å². The molecule has 1 aromatic carbocycles. The van der Waals surface area contributed by atoms with Gasteiger partial charge in [-0.2, -0.15) is 0 Å². The quantitative estimate of drug-likeness (QED) is 0.799. The third kappa shape index (κ3) is 3.04. The van der Waals surface area contributed by atoms with Crippen molar-refractivity contribution in [1.29, 1.82) is 0 Å². The molecule has 0 amide bonds. The largest absolute Gasteiger partial charge is 0.488 e. The highest BCUT2D eigenvalue weighted by atomic mass is 35.5. The van der Waals surface area contributed by atoms with Crippen LogP contribution in [0.5, 0.6) is 0 Å². The highest BCUT2D eigenvalue weighted by molar-refractivity contribution is 6.58. The molecule has 19 heavy (non-hydrogen) atoms. The van der Waals surface area contributed by atoms with Crippen LogP contribution >= 0.6 is 11.6 Å². The second-order valence-corrected chi connectivity index (χ2v) is 4.42. The van der Waals surface area contributed by atoms with Gasteiger partial charge in [-0.15, -0.1) is 0 Å². The van der Waals surface area contributed by atoms with E-state index in [2.05, 4.69) is 0 Å². The van der Waals surface area contributed by atoms with E-state index in [1.54, 1.807) is 6.07 Å². The molecule has 98 valence electrons. The lowest BCUT2D eigenvalue weighted by Crippen LogP contribution is -2.35. The molecule has 0 atom stereocenters. The lowest BCUT2D eigenvalue weighted by molar-refractivity contribution is 0.425. The summed E-state index contributed by atoms with van der Waals surface area (Å²) >= 11 is 5.66. The lowest BCUT2D eigenvalue weighted by atomic mass is 9.81. The molecular formula is C12H10BClFNO3. The number of halogens is 2. The first-order valence-corrected chi connectivity index (χ1v) is 5.86. The van der Waals surface area contributed by atoms with Gasteiger partial charge in [0.2, 0.25) is 5.56 Å². The van der Waals surface area contributed by atoms with Gasteiger partial charge in [-0.3, -0.25) is 4.79 Å². The van der Waals surface area contributed by atoms with Crippen molar-refractivity contribution in [2.75, 3.05) is 0 Å². The summed E-state index contributed by atoms with van der Waals surface area (Å²) in [6.45, 7) is 0.0209. The van der Waals surface area contributed by atoms with Crippen LogP contribution in [0.3, 0.4) is 0 Å². The molecule has 0 bridgehead atoms. The van der Waals surface area contributed by atoms with Gasteiger partial charge in [0.15, 0.2) is 0 Å². The Morgan fingerprint density at radius 2 is 2.05 bits per heavy atom. The van der Waals surface area contributed by atoms with Crippen LogP contribution in [0.4, 0.5) is 4.39 Å². The molecule has 0 spiro atoms. The fourth-order valence-corrected chi connectivity index (χ4v) is 1.86. The third-order valence-electron chi connectivity index (χ3n) is 2.69. The van der Waals surface area contributed by atoms with Crippen LogP contribution in [0.2, 0.25) is 5.02 Å². The standard InChI is InChI=1S/C12H10BClFNO3/c14-10-3-1-2-8(12(10)15)7-16-5-4-9(13(18)19)6-11(16)17/h1-6,18-19H,7H2. The number of nitrogens with zero attached hydrogens (tertiary/aromatic N) is 1. The SMILES string of the molecule is O=c1cc(B(O)O)ccn1Cc1cccc(Cl)c1F. The number of hydrogen-bond acceptors (Lipinski definition) is 3. The van der Waals surface area contributed by atoms with E-state index in [0.29, 0.717) is 0 Å². The highest BCUT2D eigenvalue weighted by Crippen LogP contribution is 2.18. The van der Waals surface area contributed by atoms with Crippen LogP contribution < -0.4 is 11.0 Å². The van der Waals surface area contributed by atoms with Gasteiger partial charge in [-0.1, -0.05) is 23.7 Å². The van der Waals surface area contributed by atoms with Crippen molar-refractivity contribution < 1.29 is 14.4 Å². The van der Waals surface area contributed by atoms with Crippen LogP contribution in [0.1, 0.15) is 5.56 Å². The number of aromatic nitrogens is 1. The zero-order valence-electron chi connectivity index (χ0n) is 9.75. The molecule has 0 aliphatic carbocycles. The molecule has 0 fully saturated rings. The fourth-order valence-electron chi connectivity index (χ4n) is 1.67. The number of rotatable bonds is 3. The maximum atomic E-state index is 13.7. The van der Waals surface area contributed by atoms with Crippen LogP contribution in [-0.4, -0.2) is 21.7 Å². The van der Waals surface area contributed by atoms with E-state index in [9.17, 15) is 9.18 Å². The van der Waals surface area contributed by atoms with Gasteiger partial charge < -0.3 is 14.6 Å². The van der Waals surface area contributed by atoms with Gasteiger partial charge in [0.05, 0.1) is 11.6 Å². The zero-order chi connectivity index (χ0) is 14.0. The molecule has 0 saturated carbocycles. The first kappa shape index (κ1) is 13.8. The van der Waals surface area contributed by atoms with Crippen molar-refractivity contribution in [2.24, 2.45) is 0 Å². The van der Waals surface area contributed by atoms with Crippen molar-refractivity contribution in [2.45, 2.75) is 6.54 Å². The Hall–Kier alpha value is -1.63. The molecular weight excluding hydrogens is 271 g/mol. The summed E-state index contributed by atoms with van der Waals surface area (Å²) in [5.41, 5.74) is -0.0790. The molecule has 4 nitrogen and oxygen atoms in total.